The van der Waals surface area contributed by atoms with E-state index >= 15 is 0 Å². The molecule has 0 aromatic heterocycles. The van der Waals surface area contributed by atoms with Crippen molar-refractivity contribution in [3.63, 3.8) is 0 Å². The third kappa shape index (κ3) is 5.04. The first-order valence-electron chi connectivity index (χ1n) is 9.41. The molecule has 0 saturated carbocycles. The van der Waals surface area contributed by atoms with E-state index < -0.39 is 0 Å². The molecule has 3 nitrogen and oxygen atoms in total. The molecule has 1 aliphatic rings. The summed E-state index contributed by atoms with van der Waals surface area (Å²) in [6.45, 7) is 10.2. The van der Waals surface area contributed by atoms with Gasteiger partial charge in [-0.25, -0.2) is 0 Å². The largest absolute Gasteiger partial charge is 0.320 e. The Balaban J connectivity index is 2.12. The van der Waals surface area contributed by atoms with Gasteiger partial charge in [-0.3, -0.25) is 9.79 Å². The van der Waals surface area contributed by atoms with Crippen molar-refractivity contribution in [2.75, 3.05) is 5.32 Å². The van der Waals surface area contributed by atoms with Crippen molar-refractivity contribution in [1.82, 2.24) is 0 Å². The Morgan fingerprint density at radius 3 is 2.69 bits per heavy atom. The summed E-state index contributed by atoms with van der Waals surface area (Å²) in [7, 11) is 0. The molecule has 138 valence electrons. The quantitative estimate of drug-likeness (QED) is 0.497. The molecule has 0 radical (unpaired) electrons. The highest BCUT2D eigenvalue weighted by Gasteiger charge is 2.18. The number of aliphatic imine (C=N–C) groups is 1. The van der Waals surface area contributed by atoms with Crippen molar-refractivity contribution in [1.29, 1.82) is 0 Å². The minimum Gasteiger partial charge on any atom is -0.320 e. The Hall–Kier alpha value is -2.42. The number of anilines is 1. The molecule has 1 amide bonds. The molecular formula is C23H30N2O. The van der Waals surface area contributed by atoms with Gasteiger partial charge in [-0.1, -0.05) is 60.9 Å². The van der Waals surface area contributed by atoms with Gasteiger partial charge in [-0.15, -0.1) is 0 Å². The molecular weight excluding hydrogens is 320 g/mol. The number of carbonyl (C=O) groups excluding carboxylic acids is 1. The lowest BCUT2D eigenvalue weighted by molar-refractivity contribution is -0.112. The molecule has 1 aromatic rings. The molecule has 1 N–H and O–H groups in total. The van der Waals surface area contributed by atoms with E-state index in [-0.39, 0.29) is 11.8 Å². The number of carbonyl (C=O) groups is 1. The van der Waals surface area contributed by atoms with Crippen LogP contribution in [0.3, 0.4) is 0 Å². The van der Waals surface area contributed by atoms with Gasteiger partial charge in [-0.05, 0) is 52.2 Å². The normalized spacial score (nSPS) is 18.3. The number of nitrogens with zero attached hydrogens (tertiary/aromatic N) is 1. The highest BCUT2D eigenvalue weighted by atomic mass is 16.2. The zero-order valence-electron chi connectivity index (χ0n) is 16.6. The van der Waals surface area contributed by atoms with Crippen molar-refractivity contribution in [2.45, 2.75) is 53.9 Å². The zero-order valence-corrected chi connectivity index (χ0v) is 16.6. The fraction of sp³-hybridized carbons (Fsp3) is 0.391. The van der Waals surface area contributed by atoms with Crippen LogP contribution < -0.4 is 5.32 Å². The van der Waals surface area contributed by atoms with Crippen LogP contribution in [0.4, 0.5) is 5.69 Å². The molecule has 1 unspecified atom stereocenters. The van der Waals surface area contributed by atoms with Gasteiger partial charge in [0, 0.05) is 17.3 Å². The van der Waals surface area contributed by atoms with Crippen LogP contribution in [0.2, 0.25) is 0 Å². The van der Waals surface area contributed by atoms with E-state index in [1.165, 1.54) is 11.1 Å². The molecule has 0 saturated heterocycles. The van der Waals surface area contributed by atoms with Gasteiger partial charge in [0.1, 0.15) is 5.70 Å². The van der Waals surface area contributed by atoms with Crippen LogP contribution in [0.1, 0.15) is 52.5 Å². The second kappa shape index (κ2) is 9.33. The topological polar surface area (TPSA) is 41.5 Å². The molecule has 1 aliphatic carbocycles. The summed E-state index contributed by atoms with van der Waals surface area (Å²) in [6.07, 6.45) is 9.47. The Morgan fingerprint density at radius 2 is 2.04 bits per heavy atom. The van der Waals surface area contributed by atoms with Gasteiger partial charge >= 0.3 is 0 Å². The SMILES string of the molecule is C/C=C(\N=C(/C)C1C=CC(C)=C(CCC)C1)C(=O)Nc1ccccc1C. The molecule has 0 fully saturated rings. The number of allylic oxidation sites excluding steroid dienone is 5. The van der Waals surface area contributed by atoms with Gasteiger partial charge in [-0.2, -0.15) is 0 Å². The Morgan fingerprint density at radius 1 is 1.31 bits per heavy atom. The number of hydrogen-bond donors (Lipinski definition) is 1. The van der Waals surface area contributed by atoms with E-state index in [0.717, 1.165) is 36.2 Å². The van der Waals surface area contributed by atoms with Crippen molar-refractivity contribution in [3.8, 4) is 0 Å². The molecule has 0 bridgehead atoms. The zero-order chi connectivity index (χ0) is 19.1. The van der Waals surface area contributed by atoms with Crippen molar-refractivity contribution >= 4 is 17.3 Å². The fourth-order valence-corrected chi connectivity index (χ4v) is 3.18. The average molecular weight is 351 g/mol. The standard InChI is InChI=1S/C23H30N2O/c1-6-10-19-15-20(14-13-16(19)3)18(5)24-21(7-2)23(26)25-22-12-9-8-11-17(22)4/h7-9,11-14,20H,6,10,15H2,1-5H3,(H,25,26)/b21-7-,24-18+. The number of hydrogen-bond acceptors (Lipinski definition) is 2. The van der Waals surface area contributed by atoms with Crippen LogP contribution in [-0.4, -0.2) is 11.6 Å². The number of rotatable bonds is 6. The number of amides is 1. The molecule has 0 spiro atoms. The first-order chi connectivity index (χ1) is 12.5. The maximum Gasteiger partial charge on any atom is 0.273 e. The molecule has 2 rings (SSSR count). The Bertz CT molecular complexity index is 781. The molecule has 1 aromatic carbocycles. The average Bonchev–Trinajstić information content (AvgIpc) is 2.63. The van der Waals surface area contributed by atoms with Crippen LogP contribution >= 0.6 is 0 Å². The van der Waals surface area contributed by atoms with E-state index in [2.05, 4.69) is 36.3 Å². The minimum absolute atomic E-state index is 0.165. The first kappa shape index (κ1) is 19.9. The van der Waals surface area contributed by atoms with Crippen LogP contribution in [0.5, 0.6) is 0 Å². The van der Waals surface area contributed by atoms with Gasteiger partial charge in [0.05, 0.1) is 0 Å². The summed E-state index contributed by atoms with van der Waals surface area (Å²) in [5.41, 5.74) is 6.18. The highest BCUT2D eigenvalue weighted by molar-refractivity contribution is 6.05. The lowest BCUT2D eigenvalue weighted by Gasteiger charge is -2.21. The van der Waals surface area contributed by atoms with Crippen LogP contribution in [0, 0.1) is 12.8 Å². The molecule has 0 heterocycles. The van der Waals surface area contributed by atoms with E-state index in [4.69, 9.17) is 0 Å². The summed E-state index contributed by atoms with van der Waals surface area (Å²) >= 11 is 0. The number of benzene rings is 1. The van der Waals surface area contributed by atoms with Gasteiger partial charge < -0.3 is 5.32 Å². The summed E-state index contributed by atoms with van der Waals surface area (Å²) in [5.74, 6) is 0.0999. The van der Waals surface area contributed by atoms with Crippen LogP contribution in [0.25, 0.3) is 0 Å². The number of para-hydroxylation sites is 1. The summed E-state index contributed by atoms with van der Waals surface area (Å²) < 4.78 is 0. The maximum atomic E-state index is 12.6. The van der Waals surface area contributed by atoms with Crippen LogP contribution in [-0.2, 0) is 4.79 Å². The lowest BCUT2D eigenvalue weighted by atomic mass is 9.85. The highest BCUT2D eigenvalue weighted by Crippen LogP contribution is 2.28. The fourth-order valence-electron chi connectivity index (χ4n) is 3.18. The second-order valence-electron chi connectivity index (χ2n) is 6.90. The predicted molar refractivity (Wildman–Crippen MR) is 112 cm³/mol. The van der Waals surface area contributed by atoms with E-state index in [1.54, 1.807) is 6.08 Å². The third-order valence-electron chi connectivity index (χ3n) is 4.89. The molecule has 26 heavy (non-hydrogen) atoms. The van der Waals surface area contributed by atoms with E-state index in [0.29, 0.717) is 5.70 Å². The third-order valence-corrected chi connectivity index (χ3v) is 4.89. The number of aryl methyl sites for hydroxylation is 1. The molecule has 3 heteroatoms. The predicted octanol–water partition coefficient (Wildman–Crippen LogP) is 5.99. The van der Waals surface area contributed by atoms with E-state index in [1.807, 2.05) is 45.0 Å². The number of nitrogens with one attached hydrogen (secondary N) is 1. The van der Waals surface area contributed by atoms with Gasteiger partial charge in [0.15, 0.2) is 0 Å². The lowest BCUT2D eigenvalue weighted by Crippen LogP contribution is -2.18. The van der Waals surface area contributed by atoms with Crippen LogP contribution in [0.15, 0.2) is 64.3 Å². The Kier molecular flexibility index (Phi) is 7.14. The summed E-state index contributed by atoms with van der Waals surface area (Å²) in [5, 5.41) is 2.96. The van der Waals surface area contributed by atoms with Crippen molar-refractivity contribution in [3.05, 3.63) is 64.9 Å². The van der Waals surface area contributed by atoms with Gasteiger partial charge in [0.25, 0.3) is 5.91 Å². The van der Waals surface area contributed by atoms with Crippen molar-refractivity contribution < 1.29 is 4.79 Å². The smallest absolute Gasteiger partial charge is 0.273 e. The second-order valence-corrected chi connectivity index (χ2v) is 6.90. The molecule has 0 aliphatic heterocycles. The maximum absolute atomic E-state index is 12.6. The summed E-state index contributed by atoms with van der Waals surface area (Å²) in [4.78, 5) is 17.3. The summed E-state index contributed by atoms with van der Waals surface area (Å²) in [6, 6.07) is 7.77. The first-order valence-corrected chi connectivity index (χ1v) is 9.41. The monoisotopic (exact) mass is 350 g/mol. The Labute approximate surface area is 157 Å². The van der Waals surface area contributed by atoms with E-state index in [9.17, 15) is 4.79 Å². The van der Waals surface area contributed by atoms with Gasteiger partial charge in [0.2, 0.25) is 0 Å². The van der Waals surface area contributed by atoms with Crippen molar-refractivity contribution in [2.24, 2.45) is 10.9 Å². The minimum atomic E-state index is -0.165. The molecule has 1 atom stereocenters.